The molecule has 2 rings (SSSR count). The maximum atomic E-state index is 9.61. The average molecular weight is 138 g/mol. The average Bonchev–Trinajstić information content (AvgIpc) is 2.31. The fraction of sp³-hybridized carbons (Fsp3) is 0.778. The fourth-order valence-electron chi connectivity index (χ4n) is 2.43. The normalized spacial score (nSPS) is 48.5. The van der Waals surface area contributed by atoms with Gasteiger partial charge in [-0.25, -0.2) is 0 Å². The Morgan fingerprint density at radius 2 is 2.20 bits per heavy atom. The molecule has 0 aromatic carbocycles. The lowest BCUT2D eigenvalue weighted by Crippen LogP contribution is -2.55. The highest BCUT2D eigenvalue weighted by Crippen LogP contribution is 2.55. The molecule has 10 heavy (non-hydrogen) atoms. The molecular formula is C9H14O. The molecule has 0 bridgehead atoms. The first-order valence-electron chi connectivity index (χ1n) is 3.99. The van der Waals surface area contributed by atoms with Crippen LogP contribution in [-0.4, -0.2) is 11.2 Å². The molecule has 0 saturated heterocycles. The van der Waals surface area contributed by atoms with Gasteiger partial charge in [0.1, 0.15) is 0 Å². The van der Waals surface area contributed by atoms with E-state index >= 15 is 0 Å². The third kappa shape index (κ3) is 0.523. The molecule has 1 nitrogen and oxygen atoms in total. The summed E-state index contributed by atoms with van der Waals surface area (Å²) >= 11 is 0. The minimum Gasteiger partial charge on any atom is -0.392 e. The van der Waals surface area contributed by atoms with Gasteiger partial charge < -0.3 is 5.11 Å². The van der Waals surface area contributed by atoms with E-state index in [2.05, 4.69) is 26.0 Å². The molecule has 2 aliphatic rings. The molecule has 0 heterocycles. The number of hydrogen-bond acceptors (Lipinski definition) is 1. The fourth-order valence-corrected chi connectivity index (χ4v) is 2.43. The Balaban J connectivity index is 2.21. The zero-order chi connectivity index (χ0) is 7.35. The van der Waals surface area contributed by atoms with Crippen molar-refractivity contribution in [3.8, 4) is 0 Å². The number of hydrogen-bond donors (Lipinski definition) is 1. The monoisotopic (exact) mass is 138 g/mol. The van der Waals surface area contributed by atoms with Crippen molar-refractivity contribution in [1.29, 1.82) is 0 Å². The molecule has 0 amide bonds. The van der Waals surface area contributed by atoms with Gasteiger partial charge in [0.05, 0.1) is 6.10 Å². The van der Waals surface area contributed by atoms with Crippen molar-refractivity contribution in [3.05, 3.63) is 12.2 Å². The molecule has 2 aliphatic carbocycles. The van der Waals surface area contributed by atoms with E-state index in [1.54, 1.807) is 0 Å². The summed E-state index contributed by atoms with van der Waals surface area (Å²) in [6.45, 7) is 4.29. The molecular weight excluding hydrogens is 124 g/mol. The third-order valence-electron chi connectivity index (χ3n) is 3.24. The van der Waals surface area contributed by atoms with Gasteiger partial charge in [-0.3, -0.25) is 0 Å². The Kier molecular flexibility index (Phi) is 1.06. The second-order valence-corrected chi connectivity index (χ2v) is 4.12. The first-order chi connectivity index (χ1) is 4.64. The number of allylic oxidation sites excluding steroid dienone is 2. The van der Waals surface area contributed by atoms with Crippen LogP contribution in [-0.2, 0) is 0 Å². The van der Waals surface area contributed by atoms with Crippen LogP contribution in [0.15, 0.2) is 12.2 Å². The van der Waals surface area contributed by atoms with Crippen molar-refractivity contribution in [2.24, 2.45) is 17.3 Å². The van der Waals surface area contributed by atoms with E-state index in [0.717, 1.165) is 6.42 Å². The topological polar surface area (TPSA) is 20.2 Å². The van der Waals surface area contributed by atoms with E-state index in [0.29, 0.717) is 11.8 Å². The van der Waals surface area contributed by atoms with Gasteiger partial charge in [0, 0.05) is 0 Å². The van der Waals surface area contributed by atoms with Gasteiger partial charge in [0.25, 0.3) is 0 Å². The zero-order valence-corrected chi connectivity index (χ0v) is 6.54. The molecule has 0 aliphatic heterocycles. The maximum Gasteiger partial charge on any atom is 0.0633 e. The van der Waals surface area contributed by atoms with Crippen molar-refractivity contribution < 1.29 is 5.11 Å². The quantitative estimate of drug-likeness (QED) is 0.504. The van der Waals surface area contributed by atoms with Crippen LogP contribution < -0.4 is 0 Å². The minimum atomic E-state index is -0.0625. The van der Waals surface area contributed by atoms with E-state index in [9.17, 15) is 5.11 Å². The molecule has 1 fully saturated rings. The summed E-state index contributed by atoms with van der Waals surface area (Å²) in [6.07, 6.45) is 5.49. The first-order valence-corrected chi connectivity index (χ1v) is 3.99. The highest BCUT2D eigenvalue weighted by atomic mass is 16.3. The Hall–Kier alpha value is -0.300. The predicted molar refractivity (Wildman–Crippen MR) is 40.5 cm³/mol. The van der Waals surface area contributed by atoms with Crippen LogP contribution in [0.25, 0.3) is 0 Å². The molecule has 0 unspecified atom stereocenters. The standard InChI is InChI=1S/C9H14O/c1-9(2)7-5-3-4-6(7)8(9)10/h3,5-8,10H,4H2,1-2H3/t6-,7+,8+/m0/s1. The predicted octanol–water partition coefficient (Wildman–Crippen LogP) is 1.58. The summed E-state index contributed by atoms with van der Waals surface area (Å²) in [5.41, 5.74) is 0.150. The molecule has 3 atom stereocenters. The maximum absolute atomic E-state index is 9.61. The summed E-state index contributed by atoms with van der Waals surface area (Å²) in [7, 11) is 0. The van der Waals surface area contributed by atoms with Crippen LogP contribution in [0.3, 0.4) is 0 Å². The molecule has 0 aromatic heterocycles. The molecule has 0 spiro atoms. The second-order valence-electron chi connectivity index (χ2n) is 4.12. The van der Waals surface area contributed by atoms with Gasteiger partial charge in [-0.2, -0.15) is 0 Å². The van der Waals surface area contributed by atoms with E-state index < -0.39 is 0 Å². The lowest BCUT2D eigenvalue weighted by Gasteiger charge is -2.52. The first kappa shape index (κ1) is 6.41. The Morgan fingerprint density at radius 1 is 1.50 bits per heavy atom. The summed E-state index contributed by atoms with van der Waals surface area (Å²) in [6, 6.07) is 0. The van der Waals surface area contributed by atoms with E-state index in [1.807, 2.05) is 0 Å². The lowest BCUT2D eigenvalue weighted by molar-refractivity contribution is -0.131. The molecule has 1 N–H and O–H groups in total. The van der Waals surface area contributed by atoms with Gasteiger partial charge in [0.15, 0.2) is 0 Å². The van der Waals surface area contributed by atoms with Crippen molar-refractivity contribution in [3.63, 3.8) is 0 Å². The second kappa shape index (κ2) is 1.65. The van der Waals surface area contributed by atoms with Crippen LogP contribution in [0.2, 0.25) is 0 Å². The Morgan fingerprint density at radius 3 is 2.80 bits per heavy atom. The zero-order valence-electron chi connectivity index (χ0n) is 6.54. The van der Waals surface area contributed by atoms with Gasteiger partial charge in [0.2, 0.25) is 0 Å². The van der Waals surface area contributed by atoms with Gasteiger partial charge in [-0.05, 0) is 23.7 Å². The molecule has 0 aromatic rings. The molecule has 1 saturated carbocycles. The minimum absolute atomic E-state index is 0.0625. The van der Waals surface area contributed by atoms with Crippen LogP contribution in [0.4, 0.5) is 0 Å². The number of aliphatic hydroxyl groups excluding tert-OH is 1. The number of aliphatic hydroxyl groups is 1. The van der Waals surface area contributed by atoms with Crippen LogP contribution in [0, 0.1) is 17.3 Å². The van der Waals surface area contributed by atoms with Gasteiger partial charge in [-0.1, -0.05) is 26.0 Å². The van der Waals surface area contributed by atoms with Crippen LogP contribution >= 0.6 is 0 Å². The van der Waals surface area contributed by atoms with Crippen molar-refractivity contribution in [1.82, 2.24) is 0 Å². The van der Waals surface area contributed by atoms with Crippen LogP contribution in [0.5, 0.6) is 0 Å². The van der Waals surface area contributed by atoms with Crippen molar-refractivity contribution in [2.75, 3.05) is 0 Å². The van der Waals surface area contributed by atoms with E-state index in [1.165, 1.54) is 0 Å². The summed E-state index contributed by atoms with van der Waals surface area (Å²) in [4.78, 5) is 0. The molecule has 1 heteroatoms. The van der Waals surface area contributed by atoms with Crippen molar-refractivity contribution in [2.45, 2.75) is 26.4 Å². The molecule has 0 radical (unpaired) electrons. The van der Waals surface area contributed by atoms with Crippen molar-refractivity contribution >= 4 is 0 Å². The number of fused-ring (bicyclic) bond motifs is 1. The van der Waals surface area contributed by atoms with Gasteiger partial charge >= 0.3 is 0 Å². The lowest BCUT2D eigenvalue weighted by atomic mass is 9.55. The molecule has 56 valence electrons. The Bertz CT molecular complexity index is 181. The smallest absolute Gasteiger partial charge is 0.0633 e. The van der Waals surface area contributed by atoms with E-state index in [-0.39, 0.29) is 11.5 Å². The third-order valence-corrected chi connectivity index (χ3v) is 3.24. The SMILES string of the molecule is CC1(C)[C@H](O)[C@H]2CC=C[C@H]21. The summed E-state index contributed by atoms with van der Waals surface area (Å²) < 4.78 is 0. The van der Waals surface area contributed by atoms with E-state index in [4.69, 9.17) is 0 Å². The highest BCUT2D eigenvalue weighted by molar-refractivity contribution is 5.18. The number of rotatable bonds is 0. The Labute approximate surface area is 61.8 Å². The summed E-state index contributed by atoms with van der Waals surface area (Å²) in [5, 5.41) is 9.61. The largest absolute Gasteiger partial charge is 0.392 e. The van der Waals surface area contributed by atoms with Crippen LogP contribution in [0.1, 0.15) is 20.3 Å². The van der Waals surface area contributed by atoms with Gasteiger partial charge in [-0.15, -0.1) is 0 Å². The summed E-state index contributed by atoms with van der Waals surface area (Å²) in [5.74, 6) is 1.21. The highest BCUT2D eigenvalue weighted by Gasteiger charge is 2.55.